The molecule has 7 nitrogen and oxygen atoms in total. The van der Waals surface area contributed by atoms with Gasteiger partial charge in [-0.25, -0.2) is 9.59 Å². The van der Waals surface area contributed by atoms with E-state index in [4.69, 9.17) is 14.2 Å². The van der Waals surface area contributed by atoms with Gasteiger partial charge < -0.3 is 24.8 Å². The van der Waals surface area contributed by atoms with E-state index in [9.17, 15) is 9.59 Å². The van der Waals surface area contributed by atoms with Gasteiger partial charge in [-0.15, -0.1) is 0 Å². The van der Waals surface area contributed by atoms with E-state index in [1.807, 2.05) is 37.3 Å². The Kier molecular flexibility index (Phi) is 7.57. The lowest BCUT2D eigenvalue weighted by atomic mass is 9.95. The van der Waals surface area contributed by atoms with Gasteiger partial charge in [0.2, 0.25) is 0 Å². The van der Waals surface area contributed by atoms with Gasteiger partial charge in [-0.1, -0.05) is 37.3 Å². The molecule has 1 unspecified atom stereocenters. The minimum Gasteiger partial charge on any atom is -0.493 e. The molecule has 0 spiro atoms. The molecule has 0 aliphatic carbocycles. The standard InChI is InChI=1S/C23H25BrN2O5/c1-4-10-30-22(27)19-14(2)25-23(28)26-20(19)16-11-17(24)21(18(12-16)29-3)31-13-15-8-6-5-7-9-15/h5-9,11-12,20H,4,10,13H2,1-3H3,(H2,25,26,28). The number of urea groups is 1. The minimum atomic E-state index is -0.688. The predicted octanol–water partition coefficient (Wildman–Crippen LogP) is 4.62. The van der Waals surface area contributed by atoms with Crippen LogP contribution in [0, 0.1) is 0 Å². The number of ether oxygens (including phenoxy) is 3. The Morgan fingerprint density at radius 1 is 1.19 bits per heavy atom. The van der Waals surface area contributed by atoms with Crippen molar-refractivity contribution in [3.05, 3.63) is 69.3 Å². The summed E-state index contributed by atoms with van der Waals surface area (Å²) in [6.07, 6.45) is 0.704. The number of benzene rings is 2. The van der Waals surface area contributed by atoms with E-state index in [1.165, 1.54) is 0 Å². The first-order chi connectivity index (χ1) is 14.9. The second-order valence-corrected chi connectivity index (χ2v) is 7.87. The molecule has 1 aliphatic heterocycles. The maximum atomic E-state index is 12.7. The van der Waals surface area contributed by atoms with Crippen LogP contribution in [0.4, 0.5) is 4.79 Å². The van der Waals surface area contributed by atoms with E-state index in [1.54, 1.807) is 26.2 Å². The highest BCUT2D eigenvalue weighted by atomic mass is 79.9. The van der Waals surface area contributed by atoms with Gasteiger partial charge in [0.15, 0.2) is 11.5 Å². The third-order valence-corrected chi connectivity index (χ3v) is 5.33. The van der Waals surface area contributed by atoms with Crippen molar-refractivity contribution in [2.45, 2.75) is 32.9 Å². The molecule has 1 aliphatic rings. The molecule has 0 saturated carbocycles. The molecule has 0 aromatic heterocycles. The van der Waals surface area contributed by atoms with Gasteiger partial charge in [0.25, 0.3) is 0 Å². The number of hydrogen-bond donors (Lipinski definition) is 2. The molecule has 2 N–H and O–H groups in total. The van der Waals surface area contributed by atoms with Crippen molar-refractivity contribution in [1.82, 2.24) is 10.6 Å². The normalized spacial score (nSPS) is 15.7. The fraction of sp³-hybridized carbons (Fsp3) is 0.304. The Morgan fingerprint density at radius 3 is 2.61 bits per heavy atom. The van der Waals surface area contributed by atoms with Crippen LogP contribution in [0.3, 0.4) is 0 Å². The van der Waals surface area contributed by atoms with Gasteiger partial charge in [0, 0.05) is 5.70 Å². The number of nitrogens with one attached hydrogen (secondary N) is 2. The van der Waals surface area contributed by atoms with Crippen LogP contribution in [0.5, 0.6) is 11.5 Å². The highest BCUT2D eigenvalue weighted by molar-refractivity contribution is 9.10. The number of methoxy groups -OCH3 is 1. The van der Waals surface area contributed by atoms with Crippen LogP contribution >= 0.6 is 15.9 Å². The average Bonchev–Trinajstić information content (AvgIpc) is 2.76. The Morgan fingerprint density at radius 2 is 1.94 bits per heavy atom. The molecule has 0 saturated heterocycles. The van der Waals surface area contributed by atoms with E-state index >= 15 is 0 Å². The number of amides is 2. The summed E-state index contributed by atoms with van der Waals surface area (Å²) in [6.45, 7) is 4.27. The number of carbonyl (C=O) groups excluding carboxylic acids is 2. The number of allylic oxidation sites excluding steroid dienone is 1. The number of carbonyl (C=O) groups is 2. The maximum Gasteiger partial charge on any atom is 0.338 e. The molecule has 1 atom stereocenters. The van der Waals surface area contributed by atoms with Gasteiger partial charge >= 0.3 is 12.0 Å². The fourth-order valence-electron chi connectivity index (χ4n) is 3.26. The predicted molar refractivity (Wildman–Crippen MR) is 120 cm³/mol. The molecule has 1 heterocycles. The van der Waals surface area contributed by atoms with Crippen molar-refractivity contribution in [3.63, 3.8) is 0 Å². The third kappa shape index (κ3) is 5.38. The van der Waals surface area contributed by atoms with Gasteiger partial charge in [-0.2, -0.15) is 0 Å². The smallest absolute Gasteiger partial charge is 0.338 e. The van der Waals surface area contributed by atoms with Gasteiger partial charge in [0.05, 0.1) is 29.8 Å². The zero-order valence-electron chi connectivity index (χ0n) is 17.7. The Balaban J connectivity index is 1.93. The summed E-state index contributed by atoms with van der Waals surface area (Å²) in [7, 11) is 1.54. The number of hydrogen-bond acceptors (Lipinski definition) is 5. The summed E-state index contributed by atoms with van der Waals surface area (Å²) >= 11 is 3.54. The molecule has 2 amide bonds. The lowest BCUT2D eigenvalue weighted by molar-refractivity contribution is -0.139. The summed E-state index contributed by atoms with van der Waals surface area (Å²) in [4.78, 5) is 24.8. The zero-order valence-corrected chi connectivity index (χ0v) is 19.2. The fourth-order valence-corrected chi connectivity index (χ4v) is 3.84. The van der Waals surface area contributed by atoms with Crippen LogP contribution < -0.4 is 20.1 Å². The van der Waals surface area contributed by atoms with Crippen LogP contribution in [-0.4, -0.2) is 25.7 Å². The van der Waals surface area contributed by atoms with Crippen LogP contribution in [0.15, 0.2) is 58.2 Å². The van der Waals surface area contributed by atoms with Gasteiger partial charge in [0.1, 0.15) is 6.61 Å². The third-order valence-electron chi connectivity index (χ3n) is 4.74. The van der Waals surface area contributed by atoms with Crippen molar-refractivity contribution >= 4 is 27.9 Å². The lowest BCUT2D eigenvalue weighted by Gasteiger charge is -2.28. The molecule has 2 aromatic carbocycles. The van der Waals surface area contributed by atoms with Crippen molar-refractivity contribution in [2.75, 3.05) is 13.7 Å². The minimum absolute atomic E-state index is 0.301. The van der Waals surface area contributed by atoms with Crippen molar-refractivity contribution in [3.8, 4) is 11.5 Å². The second-order valence-electron chi connectivity index (χ2n) is 7.01. The molecule has 0 radical (unpaired) electrons. The van der Waals surface area contributed by atoms with Crippen molar-refractivity contribution in [1.29, 1.82) is 0 Å². The first-order valence-electron chi connectivity index (χ1n) is 9.94. The quantitative estimate of drug-likeness (QED) is 0.529. The first-order valence-corrected chi connectivity index (χ1v) is 10.7. The topological polar surface area (TPSA) is 85.9 Å². The molecule has 0 bridgehead atoms. The molecular weight excluding hydrogens is 464 g/mol. The van der Waals surface area contributed by atoms with Crippen LogP contribution in [-0.2, 0) is 16.1 Å². The van der Waals surface area contributed by atoms with E-state index < -0.39 is 18.0 Å². The monoisotopic (exact) mass is 488 g/mol. The maximum absolute atomic E-state index is 12.7. The summed E-state index contributed by atoms with van der Waals surface area (Å²) < 4.78 is 17.5. The zero-order chi connectivity index (χ0) is 22.4. The summed E-state index contributed by atoms with van der Waals surface area (Å²) in [6, 6.07) is 12.3. The molecule has 0 fully saturated rings. The number of rotatable bonds is 8. The summed E-state index contributed by atoms with van der Waals surface area (Å²) in [5, 5.41) is 5.44. The molecule has 8 heteroatoms. The largest absolute Gasteiger partial charge is 0.493 e. The summed E-state index contributed by atoms with van der Waals surface area (Å²) in [5.41, 5.74) is 2.48. The van der Waals surface area contributed by atoms with E-state index in [0.717, 1.165) is 5.56 Å². The second kappa shape index (κ2) is 10.3. The molecule has 164 valence electrons. The van der Waals surface area contributed by atoms with E-state index in [2.05, 4.69) is 26.6 Å². The SMILES string of the molecule is CCCOC(=O)C1=C(C)NC(=O)NC1c1cc(Br)c(OCc2ccccc2)c(OC)c1. The van der Waals surface area contributed by atoms with E-state index in [-0.39, 0.29) is 0 Å². The molecule has 31 heavy (non-hydrogen) atoms. The van der Waals surface area contributed by atoms with Crippen LogP contribution in [0.2, 0.25) is 0 Å². The number of halogens is 1. The van der Waals surface area contributed by atoms with E-state index in [0.29, 0.717) is 52.4 Å². The summed E-state index contributed by atoms with van der Waals surface area (Å²) in [5.74, 6) is 0.537. The van der Waals surface area contributed by atoms with Crippen molar-refractivity contribution in [2.24, 2.45) is 0 Å². The average molecular weight is 489 g/mol. The van der Waals surface area contributed by atoms with Crippen LogP contribution in [0.1, 0.15) is 37.4 Å². The Bertz CT molecular complexity index is 991. The van der Waals surface area contributed by atoms with Crippen molar-refractivity contribution < 1.29 is 23.8 Å². The molecule has 2 aromatic rings. The molecular formula is C23H25BrN2O5. The Hall–Kier alpha value is -3.00. The number of esters is 1. The Labute approximate surface area is 189 Å². The van der Waals surface area contributed by atoms with Gasteiger partial charge in [-0.3, -0.25) is 0 Å². The van der Waals surface area contributed by atoms with Gasteiger partial charge in [-0.05, 0) is 52.5 Å². The highest BCUT2D eigenvalue weighted by Crippen LogP contribution is 2.40. The van der Waals surface area contributed by atoms with Crippen LogP contribution in [0.25, 0.3) is 0 Å². The highest BCUT2D eigenvalue weighted by Gasteiger charge is 2.33. The lowest BCUT2D eigenvalue weighted by Crippen LogP contribution is -2.45. The molecule has 3 rings (SSSR count). The first kappa shape index (κ1) is 22.7.